The van der Waals surface area contributed by atoms with E-state index < -0.39 is 0 Å². The Bertz CT molecular complexity index is 565. The zero-order chi connectivity index (χ0) is 13.8. The SMILES string of the molecule is Cc1cc2c(NCCOC3CCNCC3)ncnc2s1. The Morgan fingerprint density at radius 1 is 1.40 bits per heavy atom. The highest BCUT2D eigenvalue weighted by Crippen LogP contribution is 2.27. The molecule has 3 heterocycles. The molecule has 5 nitrogen and oxygen atoms in total. The largest absolute Gasteiger partial charge is 0.376 e. The van der Waals surface area contributed by atoms with Crippen LogP contribution in [0.2, 0.25) is 0 Å². The third kappa shape index (κ3) is 3.26. The van der Waals surface area contributed by atoms with Gasteiger partial charge in [0.15, 0.2) is 0 Å². The summed E-state index contributed by atoms with van der Waals surface area (Å²) < 4.78 is 5.88. The number of hydrogen-bond donors (Lipinski definition) is 2. The number of nitrogens with zero attached hydrogens (tertiary/aromatic N) is 2. The Labute approximate surface area is 122 Å². The van der Waals surface area contributed by atoms with E-state index in [9.17, 15) is 0 Å². The average Bonchev–Trinajstić information content (AvgIpc) is 2.86. The molecule has 2 N–H and O–H groups in total. The van der Waals surface area contributed by atoms with E-state index in [0.717, 1.165) is 55.1 Å². The van der Waals surface area contributed by atoms with Crippen molar-refractivity contribution in [1.82, 2.24) is 15.3 Å². The second kappa shape index (κ2) is 6.47. The van der Waals surface area contributed by atoms with E-state index in [0.29, 0.717) is 6.10 Å². The second-order valence-electron chi connectivity index (χ2n) is 5.05. The summed E-state index contributed by atoms with van der Waals surface area (Å²) in [5, 5.41) is 7.81. The topological polar surface area (TPSA) is 59.1 Å². The molecule has 0 atom stereocenters. The first-order valence-electron chi connectivity index (χ1n) is 7.10. The Kier molecular flexibility index (Phi) is 4.44. The van der Waals surface area contributed by atoms with Crippen molar-refractivity contribution in [2.45, 2.75) is 25.9 Å². The molecule has 1 saturated heterocycles. The molecule has 0 aliphatic carbocycles. The van der Waals surface area contributed by atoms with Crippen LogP contribution in [0.4, 0.5) is 5.82 Å². The van der Waals surface area contributed by atoms with Crippen molar-refractivity contribution < 1.29 is 4.74 Å². The highest BCUT2D eigenvalue weighted by Gasteiger charge is 2.12. The van der Waals surface area contributed by atoms with Gasteiger partial charge in [-0.25, -0.2) is 9.97 Å². The molecule has 2 aromatic heterocycles. The highest BCUT2D eigenvalue weighted by molar-refractivity contribution is 7.18. The van der Waals surface area contributed by atoms with Crippen molar-refractivity contribution in [1.29, 1.82) is 0 Å². The van der Waals surface area contributed by atoms with E-state index in [4.69, 9.17) is 4.74 Å². The van der Waals surface area contributed by atoms with E-state index in [2.05, 4.69) is 33.6 Å². The van der Waals surface area contributed by atoms with Crippen molar-refractivity contribution in [3.8, 4) is 0 Å². The third-order valence-corrected chi connectivity index (χ3v) is 4.45. The molecule has 0 aromatic carbocycles. The summed E-state index contributed by atoms with van der Waals surface area (Å²) in [5.41, 5.74) is 0. The van der Waals surface area contributed by atoms with E-state index >= 15 is 0 Å². The van der Waals surface area contributed by atoms with Gasteiger partial charge in [-0.05, 0) is 38.9 Å². The summed E-state index contributed by atoms with van der Waals surface area (Å²) in [6.07, 6.45) is 4.25. The van der Waals surface area contributed by atoms with Gasteiger partial charge in [0.05, 0.1) is 18.1 Å². The maximum absolute atomic E-state index is 5.88. The standard InChI is InChI=1S/C14H20N4OS/c1-10-8-12-13(17-9-18-14(12)20-10)16-6-7-19-11-2-4-15-5-3-11/h8-9,11,15H,2-7H2,1H3,(H,16,17,18). The molecule has 0 radical (unpaired) electrons. The van der Waals surface area contributed by atoms with Crippen LogP contribution in [0.25, 0.3) is 10.2 Å². The van der Waals surface area contributed by atoms with Gasteiger partial charge in [0.25, 0.3) is 0 Å². The quantitative estimate of drug-likeness (QED) is 0.827. The lowest BCUT2D eigenvalue weighted by Gasteiger charge is -2.23. The molecule has 2 aromatic rings. The number of aromatic nitrogens is 2. The fraction of sp³-hybridized carbons (Fsp3) is 0.571. The normalized spacial score (nSPS) is 16.6. The number of hydrogen-bond acceptors (Lipinski definition) is 6. The Hall–Kier alpha value is -1.24. The number of piperidine rings is 1. The number of anilines is 1. The van der Waals surface area contributed by atoms with Gasteiger partial charge in [-0.2, -0.15) is 0 Å². The van der Waals surface area contributed by atoms with Crippen LogP contribution in [0.1, 0.15) is 17.7 Å². The maximum atomic E-state index is 5.88. The molecule has 0 bridgehead atoms. The van der Waals surface area contributed by atoms with Gasteiger partial charge in [0.1, 0.15) is 17.0 Å². The molecule has 6 heteroatoms. The fourth-order valence-electron chi connectivity index (χ4n) is 2.47. The number of thiophene rings is 1. The Morgan fingerprint density at radius 2 is 2.25 bits per heavy atom. The van der Waals surface area contributed by atoms with Gasteiger partial charge < -0.3 is 15.4 Å². The van der Waals surface area contributed by atoms with Crippen LogP contribution in [-0.4, -0.2) is 42.3 Å². The van der Waals surface area contributed by atoms with E-state index in [-0.39, 0.29) is 0 Å². The van der Waals surface area contributed by atoms with Gasteiger partial charge >= 0.3 is 0 Å². The minimum Gasteiger partial charge on any atom is -0.376 e. The first-order chi connectivity index (χ1) is 9.83. The van der Waals surface area contributed by atoms with E-state index in [1.807, 2.05) is 0 Å². The molecular weight excluding hydrogens is 272 g/mol. The second-order valence-corrected chi connectivity index (χ2v) is 6.28. The zero-order valence-electron chi connectivity index (χ0n) is 11.7. The summed E-state index contributed by atoms with van der Waals surface area (Å²) in [6, 6.07) is 2.13. The third-order valence-electron chi connectivity index (χ3n) is 3.49. The van der Waals surface area contributed by atoms with Crippen LogP contribution in [0, 0.1) is 6.92 Å². The van der Waals surface area contributed by atoms with E-state index in [1.165, 1.54) is 4.88 Å². The van der Waals surface area contributed by atoms with Crippen LogP contribution in [0.15, 0.2) is 12.4 Å². The molecule has 20 heavy (non-hydrogen) atoms. The molecule has 1 aliphatic heterocycles. The number of rotatable bonds is 5. The summed E-state index contributed by atoms with van der Waals surface area (Å²) in [5.74, 6) is 0.910. The molecule has 0 spiro atoms. The van der Waals surface area contributed by atoms with Gasteiger partial charge in [-0.1, -0.05) is 0 Å². The van der Waals surface area contributed by atoms with E-state index in [1.54, 1.807) is 17.7 Å². The molecule has 0 saturated carbocycles. The van der Waals surface area contributed by atoms with Crippen molar-refractivity contribution >= 4 is 27.4 Å². The number of ether oxygens (including phenoxy) is 1. The van der Waals surface area contributed by atoms with Crippen molar-refractivity contribution in [2.75, 3.05) is 31.6 Å². The van der Waals surface area contributed by atoms with Gasteiger partial charge in [0, 0.05) is 11.4 Å². The van der Waals surface area contributed by atoms with Crippen LogP contribution < -0.4 is 10.6 Å². The predicted molar refractivity (Wildman–Crippen MR) is 82.5 cm³/mol. The lowest BCUT2D eigenvalue weighted by molar-refractivity contribution is 0.0394. The summed E-state index contributed by atoms with van der Waals surface area (Å²) >= 11 is 1.70. The van der Waals surface area contributed by atoms with Crippen LogP contribution >= 0.6 is 11.3 Å². The number of nitrogens with one attached hydrogen (secondary N) is 2. The smallest absolute Gasteiger partial charge is 0.138 e. The monoisotopic (exact) mass is 292 g/mol. The van der Waals surface area contributed by atoms with Gasteiger partial charge in [-0.15, -0.1) is 11.3 Å². The molecule has 3 rings (SSSR count). The zero-order valence-corrected chi connectivity index (χ0v) is 12.5. The molecule has 1 aliphatic rings. The Balaban J connectivity index is 1.52. The molecule has 0 unspecified atom stereocenters. The minimum absolute atomic E-state index is 0.409. The lowest BCUT2D eigenvalue weighted by Crippen LogP contribution is -2.33. The van der Waals surface area contributed by atoms with Crippen LogP contribution in [-0.2, 0) is 4.74 Å². The lowest BCUT2D eigenvalue weighted by atomic mass is 10.1. The minimum atomic E-state index is 0.409. The number of aryl methyl sites for hydroxylation is 1. The first kappa shape index (κ1) is 13.7. The highest BCUT2D eigenvalue weighted by atomic mass is 32.1. The van der Waals surface area contributed by atoms with Crippen molar-refractivity contribution in [3.05, 3.63) is 17.3 Å². The molecule has 0 amide bonds. The van der Waals surface area contributed by atoms with Crippen LogP contribution in [0.5, 0.6) is 0 Å². The molecular formula is C14H20N4OS. The summed E-state index contributed by atoms with van der Waals surface area (Å²) in [7, 11) is 0. The van der Waals surface area contributed by atoms with Crippen molar-refractivity contribution in [2.24, 2.45) is 0 Å². The molecule has 1 fully saturated rings. The number of fused-ring (bicyclic) bond motifs is 1. The van der Waals surface area contributed by atoms with Crippen LogP contribution in [0.3, 0.4) is 0 Å². The van der Waals surface area contributed by atoms with Gasteiger partial charge in [0.2, 0.25) is 0 Å². The molecule has 108 valence electrons. The fourth-order valence-corrected chi connectivity index (χ4v) is 3.32. The maximum Gasteiger partial charge on any atom is 0.138 e. The summed E-state index contributed by atoms with van der Waals surface area (Å²) in [6.45, 7) is 5.73. The predicted octanol–water partition coefficient (Wildman–Crippen LogP) is 2.18. The first-order valence-corrected chi connectivity index (χ1v) is 7.92. The average molecular weight is 292 g/mol. The van der Waals surface area contributed by atoms with Gasteiger partial charge in [-0.3, -0.25) is 0 Å². The summed E-state index contributed by atoms with van der Waals surface area (Å²) in [4.78, 5) is 10.9. The van der Waals surface area contributed by atoms with Crippen molar-refractivity contribution in [3.63, 3.8) is 0 Å². The Morgan fingerprint density at radius 3 is 3.10 bits per heavy atom.